The number of halogens is 1. The van der Waals surface area contributed by atoms with E-state index >= 15 is 0 Å². The molecule has 2 heterocycles. The van der Waals surface area contributed by atoms with Crippen LogP contribution in [0.3, 0.4) is 0 Å². The van der Waals surface area contributed by atoms with E-state index in [0.29, 0.717) is 16.5 Å². The van der Waals surface area contributed by atoms with Crippen LogP contribution >= 0.6 is 22.9 Å². The molecule has 136 valence electrons. The summed E-state index contributed by atoms with van der Waals surface area (Å²) in [6.07, 6.45) is 3.04. The maximum absolute atomic E-state index is 12.5. The van der Waals surface area contributed by atoms with Crippen LogP contribution in [0.15, 0.2) is 41.5 Å². The molecular formula is C18H19ClN4O2S. The molecule has 0 bridgehead atoms. The SMILES string of the molecule is Cc1cn2c(=O)c(C(=O)NC[C@@H](c3cccc(Cl)c3)N(C)C)cnc2s1. The number of nitrogens with one attached hydrogen (secondary N) is 1. The number of hydrogen-bond donors (Lipinski definition) is 1. The summed E-state index contributed by atoms with van der Waals surface area (Å²) in [5, 5.41) is 3.48. The second-order valence-electron chi connectivity index (χ2n) is 6.22. The molecule has 1 atom stereocenters. The van der Waals surface area contributed by atoms with Gasteiger partial charge in [0.2, 0.25) is 0 Å². The maximum atomic E-state index is 12.5. The molecule has 0 fully saturated rings. The van der Waals surface area contributed by atoms with Gasteiger partial charge in [0.15, 0.2) is 4.96 Å². The van der Waals surface area contributed by atoms with Crippen molar-refractivity contribution in [3.8, 4) is 0 Å². The summed E-state index contributed by atoms with van der Waals surface area (Å²) in [6.45, 7) is 2.24. The largest absolute Gasteiger partial charge is 0.350 e. The molecule has 26 heavy (non-hydrogen) atoms. The lowest BCUT2D eigenvalue weighted by atomic mass is 10.1. The number of aromatic nitrogens is 2. The topological polar surface area (TPSA) is 66.7 Å². The van der Waals surface area contributed by atoms with E-state index in [1.54, 1.807) is 12.3 Å². The molecule has 3 aromatic rings. The number of benzene rings is 1. The predicted molar refractivity (Wildman–Crippen MR) is 104 cm³/mol. The number of hydrogen-bond acceptors (Lipinski definition) is 5. The number of carbonyl (C=O) groups excluding carboxylic acids is 1. The van der Waals surface area contributed by atoms with Crippen LogP contribution in [0.4, 0.5) is 0 Å². The fourth-order valence-corrected chi connectivity index (χ4v) is 3.73. The molecule has 0 spiro atoms. The van der Waals surface area contributed by atoms with Crippen molar-refractivity contribution in [2.45, 2.75) is 13.0 Å². The van der Waals surface area contributed by atoms with Crippen molar-refractivity contribution in [2.24, 2.45) is 0 Å². The highest BCUT2D eigenvalue weighted by Gasteiger charge is 2.19. The summed E-state index contributed by atoms with van der Waals surface area (Å²) in [7, 11) is 3.85. The molecule has 1 aromatic carbocycles. The smallest absolute Gasteiger partial charge is 0.271 e. The third-order valence-corrected chi connectivity index (χ3v) is 5.23. The Balaban J connectivity index is 1.81. The molecule has 0 saturated carbocycles. The van der Waals surface area contributed by atoms with E-state index in [2.05, 4.69) is 10.3 Å². The van der Waals surface area contributed by atoms with E-state index < -0.39 is 5.91 Å². The van der Waals surface area contributed by atoms with Gasteiger partial charge in [-0.2, -0.15) is 0 Å². The molecule has 0 aliphatic carbocycles. The van der Waals surface area contributed by atoms with Crippen molar-refractivity contribution >= 4 is 33.8 Å². The van der Waals surface area contributed by atoms with Crippen LogP contribution in [0.2, 0.25) is 5.02 Å². The summed E-state index contributed by atoms with van der Waals surface area (Å²) in [6, 6.07) is 7.44. The molecule has 0 radical (unpaired) electrons. The number of rotatable bonds is 5. The average molecular weight is 391 g/mol. The minimum absolute atomic E-state index is 0.0314. The lowest BCUT2D eigenvalue weighted by Gasteiger charge is -2.25. The Labute approximate surface area is 160 Å². The number of amides is 1. The van der Waals surface area contributed by atoms with Gasteiger partial charge in [-0.3, -0.25) is 14.0 Å². The summed E-state index contributed by atoms with van der Waals surface area (Å²) >= 11 is 7.48. The molecule has 3 rings (SSSR count). The van der Waals surface area contributed by atoms with Crippen LogP contribution in [-0.4, -0.2) is 40.8 Å². The van der Waals surface area contributed by atoms with Gasteiger partial charge in [-0.25, -0.2) is 4.98 Å². The molecular weight excluding hydrogens is 372 g/mol. The van der Waals surface area contributed by atoms with E-state index in [4.69, 9.17) is 11.6 Å². The minimum atomic E-state index is -0.436. The number of carbonyl (C=O) groups is 1. The van der Waals surface area contributed by atoms with Gasteiger partial charge in [0.25, 0.3) is 11.5 Å². The zero-order chi connectivity index (χ0) is 18.8. The molecule has 0 unspecified atom stereocenters. The third-order valence-electron chi connectivity index (χ3n) is 4.08. The van der Waals surface area contributed by atoms with Crippen molar-refractivity contribution in [3.05, 3.63) is 68.0 Å². The average Bonchev–Trinajstić information content (AvgIpc) is 2.96. The highest BCUT2D eigenvalue weighted by atomic mass is 35.5. The second-order valence-corrected chi connectivity index (χ2v) is 7.87. The Morgan fingerprint density at radius 3 is 2.88 bits per heavy atom. The van der Waals surface area contributed by atoms with E-state index in [0.717, 1.165) is 10.4 Å². The van der Waals surface area contributed by atoms with Crippen LogP contribution in [0.25, 0.3) is 4.96 Å². The molecule has 8 heteroatoms. The van der Waals surface area contributed by atoms with Gasteiger partial charge in [0.05, 0.1) is 6.04 Å². The molecule has 0 aliphatic rings. The number of aryl methyl sites for hydroxylation is 1. The van der Waals surface area contributed by atoms with Crippen LogP contribution < -0.4 is 10.9 Å². The predicted octanol–water partition coefficient (Wildman–Crippen LogP) is 2.75. The maximum Gasteiger partial charge on any atom is 0.271 e. The fourth-order valence-electron chi connectivity index (χ4n) is 2.75. The molecule has 1 amide bonds. The number of nitrogens with zero attached hydrogens (tertiary/aromatic N) is 3. The second kappa shape index (κ2) is 7.57. The quantitative estimate of drug-likeness (QED) is 0.727. The molecule has 0 aliphatic heterocycles. The van der Waals surface area contributed by atoms with E-state index in [9.17, 15) is 9.59 Å². The van der Waals surface area contributed by atoms with Crippen molar-refractivity contribution in [1.82, 2.24) is 19.6 Å². The van der Waals surface area contributed by atoms with Crippen LogP contribution in [-0.2, 0) is 0 Å². The van der Waals surface area contributed by atoms with Gasteiger partial charge >= 0.3 is 0 Å². The molecule has 1 N–H and O–H groups in total. The van der Waals surface area contributed by atoms with Gasteiger partial charge < -0.3 is 10.2 Å². The van der Waals surface area contributed by atoms with Gasteiger partial charge in [0, 0.05) is 28.8 Å². The van der Waals surface area contributed by atoms with Crippen LogP contribution in [0, 0.1) is 6.92 Å². The van der Waals surface area contributed by atoms with E-state index in [1.165, 1.54) is 21.9 Å². The van der Waals surface area contributed by atoms with Crippen molar-refractivity contribution in [3.63, 3.8) is 0 Å². The first-order chi connectivity index (χ1) is 12.4. The summed E-state index contributed by atoms with van der Waals surface area (Å²) in [4.78, 5) is 32.8. The van der Waals surface area contributed by atoms with E-state index in [-0.39, 0.29) is 17.2 Å². The Kier molecular flexibility index (Phi) is 5.41. The lowest BCUT2D eigenvalue weighted by molar-refractivity contribution is 0.0940. The summed E-state index contributed by atoms with van der Waals surface area (Å²) in [5.74, 6) is -0.436. The van der Waals surface area contributed by atoms with Crippen LogP contribution in [0.1, 0.15) is 26.8 Å². The standard InChI is InChI=1S/C18H19ClN4O2S/c1-11-10-23-17(25)14(8-21-18(23)26-11)16(24)20-9-15(22(2)3)12-5-4-6-13(19)7-12/h4-8,10,15H,9H2,1-3H3,(H,20,24)/t15-/m0/s1. The van der Waals surface area contributed by atoms with Crippen molar-refractivity contribution in [1.29, 1.82) is 0 Å². The Morgan fingerprint density at radius 2 is 2.19 bits per heavy atom. The monoisotopic (exact) mass is 390 g/mol. The minimum Gasteiger partial charge on any atom is -0.350 e. The first kappa shape index (κ1) is 18.6. The summed E-state index contributed by atoms with van der Waals surface area (Å²) in [5.41, 5.74) is 0.659. The van der Waals surface area contributed by atoms with E-state index in [1.807, 2.05) is 44.1 Å². The number of likely N-dealkylation sites (N-methyl/N-ethyl adjacent to an activating group) is 1. The summed E-state index contributed by atoms with van der Waals surface area (Å²) < 4.78 is 1.41. The normalized spacial score (nSPS) is 12.5. The third kappa shape index (κ3) is 3.80. The fraction of sp³-hybridized carbons (Fsp3) is 0.278. The highest BCUT2D eigenvalue weighted by molar-refractivity contribution is 7.16. The zero-order valence-corrected chi connectivity index (χ0v) is 16.3. The number of fused-ring (bicyclic) bond motifs is 1. The Bertz CT molecular complexity index is 1010. The van der Waals surface area contributed by atoms with Gasteiger partial charge in [-0.15, -0.1) is 11.3 Å². The Hall–Kier alpha value is -2.22. The first-order valence-electron chi connectivity index (χ1n) is 8.04. The highest BCUT2D eigenvalue weighted by Crippen LogP contribution is 2.21. The molecule has 2 aromatic heterocycles. The lowest BCUT2D eigenvalue weighted by Crippen LogP contribution is -2.37. The van der Waals surface area contributed by atoms with Gasteiger partial charge in [-0.05, 0) is 38.7 Å². The van der Waals surface area contributed by atoms with Crippen molar-refractivity contribution in [2.75, 3.05) is 20.6 Å². The van der Waals surface area contributed by atoms with Crippen LogP contribution in [0.5, 0.6) is 0 Å². The number of thiazole rings is 1. The van der Waals surface area contributed by atoms with Crippen molar-refractivity contribution < 1.29 is 4.79 Å². The van der Waals surface area contributed by atoms with Gasteiger partial charge in [-0.1, -0.05) is 23.7 Å². The molecule has 0 saturated heterocycles. The Morgan fingerprint density at radius 1 is 1.42 bits per heavy atom. The first-order valence-corrected chi connectivity index (χ1v) is 9.24. The van der Waals surface area contributed by atoms with Gasteiger partial charge in [0.1, 0.15) is 5.56 Å². The molecule has 6 nitrogen and oxygen atoms in total. The zero-order valence-electron chi connectivity index (χ0n) is 14.7.